The van der Waals surface area contributed by atoms with Crippen molar-refractivity contribution < 1.29 is 24.2 Å². The molecule has 0 atom stereocenters. The quantitative estimate of drug-likeness (QED) is 0.397. The van der Waals surface area contributed by atoms with Crippen LogP contribution in [-0.4, -0.2) is 31.2 Å². The maximum absolute atomic E-state index is 11.5. The summed E-state index contributed by atoms with van der Waals surface area (Å²) in [5.41, 5.74) is 1.32. The van der Waals surface area contributed by atoms with E-state index in [1.807, 2.05) is 12.1 Å². The van der Waals surface area contributed by atoms with Crippen LogP contribution in [0.4, 0.5) is 0 Å². The SMILES string of the molecule is CO/N=C(/Oc1ccc(O)cc1)c1ccccc1CC(=O)OC. The number of phenols is 1. The molecule has 6 nitrogen and oxygen atoms in total. The molecule has 0 spiro atoms. The van der Waals surface area contributed by atoms with E-state index in [2.05, 4.69) is 5.16 Å². The number of phenolic OH excluding ortho intramolecular Hbond substituents is 1. The largest absolute Gasteiger partial charge is 0.508 e. The highest BCUT2D eigenvalue weighted by molar-refractivity contribution is 5.97. The molecular weight excluding hydrogens is 298 g/mol. The van der Waals surface area contributed by atoms with E-state index in [1.54, 1.807) is 24.3 Å². The zero-order chi connectivity index (χ0) is 16.7. The zero-order valence-corrected chi connectivity index (χ0v) is 12.9. The third-order valence-electron chi connectivity index (χ3n) is 3.04. The normalized spacial score (nSPS) is 11.0. The first-order valence-electron chi connectivity index (χ1n) is 6.87. The van der Waals surface area contributed by atoms with Crippen LogP contribution < -0.4 is 4.74 Å². The molecule has 0 aliphatic rings. The first kappa shape index (κ1) is 16.4. The smallest absolute Gasteiger partial charge is 0.310 e. The second-order valence-corrected chi connectivity index (χ2v) is 4.59. The van der Waals surface area contributed by atoms with Crippen molar-refractivity contribution in [2.45, 2.75) is 6.42 Å². The average molecular weight is 315 g/mol. The molecule has 0 radical (unpaired) electrons. The summed E-state index contributed by atoms with van der Waals surface area (Å²) in [7, 11) is 2.74. The van der Waals surface area contributed by atoms with Crippen molar-refractivity contribution in [2.24, 2.45) is 5.16 Å². The maximum atomic E-state index is 11.5. The topological polar surface area (TPSA) is 77.4 Å². The van der Waals surface area contributed by atoms with Gasteiger partial charge < -0.3 is 19.4 Å². The summed E-state index contributed by atoms with van der Waals surface area (Å²) in [6.45, 7) is 0. The Labute approximate surface area is 133 Å². The molecule has 0 unspecified atom stereocenters. The van der Waals surface area contributed by atoms with Crippen molar-refractivity contribution in [1.29, 1.82) is 0 Å². The minimum Gasteiger partial charge on any atom is -0.508 e. The fourth-order valence-electron chi connectivity index (χ4n) is 1.94. The van der Waals surface area contributed by atoms with Crippen molar-refractivity contribution >= 4 is 11.9 Å². The highest BCUT2D eigenvalue weighted by atomic mass is 16.6. The maximum Gasteiger partial charge on any atom is 0.310 e. The lowest BCUT2D eigenvalue weighted by atomic mass is 10.0. The Bertz CT molecular complexity index is 694. The third kappa shape index (κ3) is 4.47. The van der Waals surface area contributed by atoms with Crippen molar-refractivity contribution in [3.05, 3.63) is 59.7 Å². The van der Waals surface area contributed by atoms with E-state index >= 15 is 0 Å². The average Bonchev–Trinajstić information content (AvgIpc) is 2.57. The number of methoxy groups -OCH3 is 1. The summed E-state index contributed by atoms with van der Waals surface area (Å²) in [5, 5.41) is 13.2. The number of hydrogen-bond acceptors (Lipinski definition) is 6. The van der Waals surface area contributed by atoms with Crippen LogP contribution in [0.2, 0.25) is 0 Å². The van der Waals surface area contributed by atoms with Gasteiger partial charge in [0.1, 0.15) is 18.6 Å². The number of aromatic hydroxyl groups is 1. The van der Waals surface area contributed by atoms with Gasteiger partial charge in [0.05, 0.1) is 13.5 Å². The van der Waals surface area contributed by atoms with Crippen molar-refractivity contribution in [3.63, 3.8) is 0 Å². The summed E-state index contributed by atoms with van der Waals surface area (Å²) in [6.07, 6.45) is 0.0916. The van der Waals surface area contributed by atoms with E-state index in [9.17, 15) is 9.90 Å². The van der Waals surface area contributed by atoms with E-state index in [4.69, 9.17) is 14.3 Å². The molecule has 0 heterocycles. The lowest BCUT2D eigenvalue weighted by Crippen LogP contribution is -2.16. The number of ether oxygens (including phenoxy) is 2. The molecule has 120 valence electrons. The van der Waals surface area contributed by atoms with Gasteiger partial charge in [-0.25, -0.2) is 0 Å². The highest BCUT2D eigenvalue weighted by Gasteiger charge is 2.15. The minimum absolute atomic E-state index is 0.0916. The number of hydrogen-bond donors (Lipinski definition) is 1. The fraction of sp³-hybridized carbons (Fsp3) is 0.176. The predicted octanol–water partition coefficient (Wildman–Crippen LogP) is 2.49. The van der Waals surface area contributed by atoms with Crippen LogP contribution in [0.15, 0.2) is 53.7 Å². The number of oxime groups is 1. The van der Waals surface area contributed by atoms with Gasteiger partial charge in [0.25, 0.3) is 5.90 Å². The minimum atomic E-state index is -0.362. The number of nitrogens with zero attached hydrogens (tertiary/aromatic N) is 1. The van der Waals surface area contributed by atoms with Gasteiger partial charge in [0, 0.05) is 5.56 Å². The van der Waals surface area contributed by atoms with Crippen molar-refractivity contribution in [3.8, 4) is 11.5 Å². The summed E-state index contributed by atoms with van der Waals surface area (Å²) < 4.78 is 10.4. The highest BCUT2D eigenvalue weighted by Crippen LogP contribution is 2.19. The molecule has 0 bridgehead atoms. The van der Waals surface area contributed by atoms with Gasteiger partial charge >= 0.3 is 5.97 Å². The van der Waals surface area contributed by atoms with Crippen molar-refractivity contribution in [2.75, 3.05) is 14.2 Å². The summed E-state index contributed by atoms with van der Waals surface area (Å²) in [4.78, 5) is 16.4. The van der Waals surface area contributed by atoms with Crippen LogP contribution in [0, 0.1) is 0 Å². The first-order valence-corrected chi connectivity index (χ1v) is 6.87. The molecule has 1 N–H and O–H groups in total. The number of carbonyl (C=O) groups excluding carboxylic acids is 1. The van der Waals surface area contributed by atoms with Crippen LogP contribution in [-0.2, 0) is 20.8 Å². The molecule has 0 saturated carbocycles. The number of esters is 1. The van der Waals surface area contributed by atoms with Crippen molar-refractivity contribution in [1.82, 2.24) is 0 Å². The van der Waals surface area contributed by atoms with Gasteiger partial charge in [-0.05, 0) is 41.1 Å². The van der Waals surface area contributed by atoms with Gasteiger partial charge in [0.15, 0.2) is 0 Å². The van der Waals surface area contributed by atoms with E-state index in [-0.39, 0.29) is 24.0 Å². The molecule has 23 heavy (non-hydrogen) atoms. The molecule has 0 fully saturated rings. The Morgan fingerprint density at radius 3 is 2.43 bits per heavy atom. The van der Waals surface area contributed by atoms with E-state index in [0.29, 0.717) is 16.9 Å². The van der Waals surface area contributed by atoms with Crippen LogP contribution in [0.25, 0.3) is 0 Å². The van der Waals surface area contributed by atoms with Crippen LogP contribution >= 0.6 is 0 Å². The zero-order valence-electron chi connectivity index (χ0n) is 12.9. The van der Waals surface area contributed by atoms with Gasteiger partial charge in [0.2, 0.25) is 0 Å². The summed E-state index contributed by atoms with van der Waals surface area (Å²) in [6, 6.07) is 13.4. The predicted molar refractivity (Wildman–Crippen MR) is 84.4 cm³/mol. The van der Waals surface area contributed by atoms with Crippen LogP contribution in [0.3, 0.4) is 0 Å². The fourth-order valence-corrected chi connectivity index (χ4v) is 1.94. The molecular formula is C17H17NO5. The standard InChI is InChI=1S/C17H17NO5/c1-21-16(20)11-12-5-3-4-6-15(12)17(18-22-2)23-14-9-7-13(19)8-10-14/h3-10,19H,11H2,1-2H3/b18-17+. The summed E-state index contributed by atoms with van der Waals surface area (Å²) >= 11 is 0. The molecule has 6 heteroatoms. The second-order valence-electron chi connectivity index (χ2n) is 4.59. The number of benzene rings is 2. The molecule has 2 aromatic carbocycles. The Morgan fingerprint density at radius 2 is 1.78 bits per heavy atom. The Morgan fingerprint density at radius 1 is 1.09 bits per heavy atom. The Balaban J connectivity index is 2.32. The van der Waals surface area contributed by atoms with Gasteiger partial charge in [-0.2, -0.15) is 0 Å². The molecule has 2 aromatic rings. The molecule has 0 aliphatic carbocycles. The first-order chi connectivity index (χ1) is 11.1. The summed E-state index contributed by atoms with van der Waals surface area (Å²) in [5.74, 6) is 0.455. The number of rotatable bonds is 5. The van der Waals surface area contributed by atoms with Gasteiger partial charge in [-0.1, -0.05) is 18.2 Å². The lowest BCUT2D eigenvalue weighted by Gasteiger charge is -2.12. The molecule has 0 aromatic heterocycles. The molecule has 0 saturated heterocycles. The Hall–Kier alpha value is -3.02. The van der Waals surface area contributed by atoms with Gasteiger partial charge in [-0.15, -0.1) is 0 Å². The van der Waals surface area contributed by atoms with E-state index in [0.717, 1.165) is 0 Å². The van der Waals surface area contributed by atoms with Crippen LogP contribution in [0.1, 0.15) is 11.1 Å². The van der Waals surface area contributed by atoms with E-state index in [1.165, 1.54) is 26.4 Å². The molecule has 0 amide bonds. The lowest BCUT2D eigenvalue weighted by molar-refractivity contribution is -0.139. The monoisotopic (exact) mass is 315 g/mol. The second kappa shape index (κ2) is 7.84. The van der Waals surface area contributed by atoms with E-state index < -0.39 is 0 Å². The Kier molecular flexibility index (Phi) is 5.57. The van der Waals surface area contributed by atoms with Gasteiger partial charge in [-0.3, -0.25) is 4.79 Å². The molecule has 0 aliphatic heterocycles. The number of carbonyl (C=O) groups is 1. The van der Waals surface area contributed by atoms with Crippen LogP contribution in [0.5, 0.6) is 11.5 Å². The molecule has 2 rings (SSSR count). The third-order valence-corrected chi connectivity index (χ3v) is 3.04.